The average molecular weight is 254 g/mol. The second-order valence-electron chi connectivity index (χ2n) is 3.50. The molecule has 0 radical (unpaired) electrons. The normalized spacial score (nSPS) is 11.5. The smallest absolute Gasteiger partial charge is 0.305 e. The van der Waals surface area contributed by atoms with Gasteiger partial charge in [0, 0.05) is 25.0 Å². The molecule has 0 aliphatic rings. The SMILES string of the molecule is CCC(=O)OCCSCCCC(F)(F)CC. The molecular weight excluding hydrogens is 234 g/mol. The van der Waals surface area contributed by atoms with Crippen LogP contribution in [0.2, 0.25) is 0 Å². The summed E-state index contributed by atoms with van der Waals surface area (Å²) in [7, 11) is 0. The van der Waals surface area contributed by atoms with E-state index in [0.717, 1.165) is 0 Å². The highest BCUT2D eigenvalue weighted by molar-refractivity contribution is 7.99. The summed E-state index contributed by atoms with van der Waals surface area (Å²) in [5, 5.41) is 0. The van der Waals surface area contributed by atoms with Gasteiger partial charge >= 0.3 is 5.97 Å². The minimum atomic E-state index is -2.52. The second kappa shape index (κ2) is 8.79. The molecule has 0 rings (SSSR count). The molecule has 0 saturated carbocycles. The zero-order valence-corrected chi connectivity index (χ0v) is 10.7. The van der Waals surface area contributed by atoms with E-state index in [-0.39, 0.29) is 18.8 Å². The van der Waals surface area contributed by atoms with Crippen LogP contribution in [0.4, 0.5) is 8.78 Å². The fourth-order valence-electron chi connectivity index (χ4n) is 1.03. The third-order valence-corrected chi connectivity index (χ3v) is 3.16. The average Bonchev–Trinajstić information content (AvgIpc) is 2.27. The predicted octanol–water partition coefficient (Wildman–Crippen LogP) is 3.50. The van der Waals surface area contributed by atoms with Crippen LogP contribution >= 0.6 is 11.8 Å². The Morgan fingerprint density at radius 2 is 2.00 bits per heavy atom. The fourth-order valence-corrected chi connectivity index (χ4v) is 1.78. The van der Waals surface area contributed by atoms with E-state index < -0.39 is 5.92 Å². The molecule has 0 bridgehead atoms. The summed E-state index contributed by atoms with van der Waals surface area (Å²) in [5.41, 5.74) is 0. The monoisotopic (exact) mass is 254 g/mol. The number of ether oxygens (including phenoxy) is 1. The summed E-state index contributed by atoms with van der Waals surface area (Å²) in [4.78, 5) is 10.7. The van der Waals surface area contributed by atoms with Crippen LogP contribution in [0.5, 0.6) is 0 Å². The van der Waals surface area contributed by atoms with E-state index >= 15 is 0 Å². The number of rotatable bonds is 9. The molecule has 0 fully saturated rings. The summed E-state index contributed by atoms with van der Waals surface area (Å²) >= 11 is 1.55. The Morgan fingerprint density at radius 3 is 2.56 bits per heavy atom. The van der Waals surface area contributed by atoms with Gasteiger partial charge in [0.15, 0.2) is 0 Å². The zero-order valence-electron chi connectivity index (χ0n) is 9.93. The number of hydrogen-bond donors (Lipinski definition) is 0. The number of thioether (sulfide) groups is 1. The van der Waals surface area contributed by atoms with Gasteiger partial charge in [0.25, 0.3) is 0 Å². The topological polar surface area (TPSA) is 26.3 Å². The van der Waals surface area contributed by atoms with Crippen LogP contribution in [0.25, 0.3) is 0 Å². The molecule has 0 atom stereocenters. The van der Waals surface area contributed by atoms with Crippen molar-refractivity contribution < 1.29 is 18.3 Å². The maximum atomic E-state index is 12.8. The molecule has 0 aliphatic carbocycles. The lowest BCUT2D eigenvalue weighted by atomic mass is 10.1. The number of carbonyl (C=O) groups excluding carboxylic acids is 1. The lowest BCUT2D eigenvalue weighted by Crippen LogP contribution is -2.14. The lowest BCUT2D eigenvalue weighted by molar-refractivity contribution is -0.142. The third-order valence-electron chi connectivity index (χ3n) is 2.13. The first-order valence-electron chi connectivity index (χ1n) is 5.63. The quantitative estimate of drug-likeness (QED) is 0.465. The third kappa shape index (κ3) is 8.95. The molecule has 0 unspecified atom stereocenters. The molecule has 0 amide bonds. The highest BCUT2D eigenvalue weighted by atomic mass is 32.2. The molecular formula is C11H20F2O2S. The van der Waals surface area contributed by atoms with Crippen LogP contribution in [0, 0.1) is 0 Å². The Hall–Kier alpha value is -0.320. The summed E-state index contributed by atoms with van der Waals surface area (Å²) in [6.07, 6.45) is 0.748. The van der Waals surface area contributed by atoms with Crippen LogP contribution in [0.1, 0.15) is 39.5 Å². The van der Waals surface area contributed by atoms with E-state index in [4.69, 9.17) is 4.74 Å². The highest BCUT2D eigenvalue weighted by Gasteiger charge is 2.24. The standard InChI is InChI=1S/C11H20F2O2S/c1-3-10(14)15-7-9-16-8-5-6-11(12,13)4-2/h3-9H2,1-2H3. The van der Waals surface area contributed by atoms with Crippen molar-refractivity contribution in [1.82, 2.24) is 0 Å². The minimum Gasteiger partial charge on any atom is -0.465 e. The van der Waals surface area contributed by atoms with E-state index in [0.29, 0.717) is 31.0 Å². The lowest BCUT2D eigenvalue weighted by Gasteiger charge is -2.12. The van der Waals surface area contributed by atoms with Gasteiger partial charge in [-0.25, -0.2) is 8.78 Å². The summed E-state index contributed by atoms with van der Waals surface area (Å²) in [6.45, 7) is 3.61. The first-order chi connectivity index (χ1) is 7.52. The van der Waals surface area contributed by atoms with E-state index in [1.807, 2.05) is 0 Å². The van der Waals surface area contributed by atoms with Gasteiger partial charge in [-0.2, -0.15) is 11.8 Å². The molecule has 0 saturated heterocycles. The van der Waals surface area contributed by atoms with Crippen molar-refractivity contribution in [2.45, 2.75) is 45.5 Å². The molecule has 0 heterocycles. The van der Waals surface area contributed by atoms with E-state index in [1.165, 1.54) is 6.92 Å². The van der Waals surface area contributed by atoms with Gasteiger partial charge in [0.1, 0.15) is 6.61 Å². The molecule has 16 heavy (non-hydrogen) atoms. The Balaban J connectivity index is 3.25. The van der Waals surface area contributed by atoms with E-state index in [2.05, 4.69) is 0 Å². The largest absolute Gasteiger partial charge is 0.465 e. The number of alkyl halides is 2. The van der Waals surface area contributed by atoms with E-state index in [9.17, 15) is 13.6 Å². The van der Waals surface area contributed by atoms with Gasteiger partial charge in [-0.15, -0.1) is 0 Å². The molecule has 0 aromatic heterocycles. The first-order valence-corrected chi connectivity index (χ1v) is 6.78. The van der Waals surface area contributed by atoms with Gasteiger partial charge in [-0.3, -0.25) is 4.79 Å². The second-order valence-corrected chi connectivity index (χ2v) is 4.72. The van der Waals surface area contributed by atoms with E-state index in [1.54, 1.807) is 18.7 Å². The molecule has 0 spiro atoms. The number of halogens is 2. The maximum absolute atomic E-state index is 12.8. The Labute approximate surface area is 100 Å². The molecule has 2 nitrogen and oxygen atoms in total. The highest BCUT2D eigenvalue weighted by Crippen LogP contribution is 2.24. The van der Waals surface area contributed by atoms with Crippen molar-refractivity contribution in [2.24, 2.45) is 0 Å². The van der Waals surface area contributed by atoms with Gasteiger partial charge in [0.2, 0.25) is 5.92 Å². The Kier molecular flexibility index (Phi) is 8.61. The van der Waals surface area contributed by atoms with Gasteiger partial charge in [-0.1, -0.05) is 13.8 Å². The molecule has 0 N–H and O–H groups in total. The molecule has 0 aromatic carbocycles. The number of esters is 1. The summed E-state index contributed by atoms with van der Waals surface area (Å²) in [5.74, 6) is -1.35. The van der Waals surface area contributed by atoms with Crippen molar-refractivity contribution in [2.75, 3.05) is 18.1 Å². The Bertz CT molecular complexity index is 198. The first kappa shape index (κ1) is 15.7. The minimum absolute atomic E-state index is 0.0503. The summed E-state index contributed by atoms with van der Waals surface area (Å²) in [6, 6.07) is 0. The number of carbonyl (C=O) groups is 1. The summed E-state index contributed by atoms with van der Waals surface area (Å²) < 4.78 is 30.5. The van der Waals surface area contributed by atoms with Crippen LogP contribution in [0.3, 0.4) is 0 Å². The molecule has 0 aliphatic heterocycles. The van der Waals surface area contributed by atoms with Gasteiger partial charge < -0.3 is 4.74 Å². The van der Waals surface area contributed by atoms with Crippen molar-refractivity contribution >= 4 is 17.7 Å². The maximum Gasteiger partial charge on any atom is 0.305 e. The Morgan fingerprint density at radius 1 is 1.31 bits per heavy atom. The molecule has 5 heteroatoms. The van der Waals surface area contributed by atoms with Crippen LogP contribution in [-0.2, 0) is 9.53 Å². The molecule has 96 valence electrons. The van der Waals surface area contributed by atoms with Crippen molar-refractivity contribution in [3.63, 3.8) is 0 Å². The van der Waals surface area contributed by atoms with Crippen molar-refractivity contribution in [1.29, 1.82) is 0 Å². The molecule has 0 aromatic rings. The predicted molar refractivity (Wildman–Crippen MR) is 63.0 cm³/mol. The van der Waals surface area contributed by atoms with Crippen molar-refractivity contribution in [3.05, 3.63) is 0 Å². The van der Waals surface area contributed by atoms with Crippen LogP contribution < -0.4 is 0 Å². The zero-order chi connectivity index (χ0) is 12.4. The van der Waals surface area contributed by atoms with Gasteiger partial charge in [-0.05, 0) is 12.2 Å². The number of hydrogen-bond acceptors (Lipinski definition) is 3. The van der Waals surface area contributed by atoms with Crippen LogP contribution in [-0.4, -0.2) is 30.0 Å². The van der Waals surface area contributed by atoms with Gasteiger partial charge in [0.05, 0.1) is 0 Å². The van der Waals surface area contributed by atoms with Crippen molar-refractivity contribution in [3.8, 4) is 0 Å². The fraction of sp³-hybridized carbons (Fsp3) is 0.909. The van der Waals surface area contributed by atoms with Crippen LogP contribution in [0.15, 0.2) is 0 Å².